The van der Waals surface area contributed by atoms with Crippen LogP contribution in [0.15, 0.2) is 36.4 Å². The number of carbonyl (C=O) groups is 1. The van der Waals surface area contributed by atoms with Gasteiger partial charge < -0.3 is 10.0 Å². The highest BCUT2D eigenvalue weighted by Crippen LogP contribution is 2.57. The van der Waals surface area contributed by atoms with Gasteiger partial charge in [0.25, 0.3) is 0 Å². The molecule has 1 N–H and O–H groups in total. The molecule has 6 rings (SSSR count). The van der Waals surface area contributed by atoms with Gasteiger partial charge >= 0.3 is 0 Å². The fraction of sp³-hybridized carbons (Fsp3) is 0.500. The van der Waals surface area contributed by atoms with E-state index in [1.165, 1.54) is 16.7 Å². The number of rotatable bonds is 2. The summed E-state index contributed by atoms with van der Waals surface area (Å²) in [6.45, 7) is 5.86. The first-order chi connectivity index (χ1) is 14.5. The minimum Gasteiger partial charge on any atom is -0.507 e. The predicted octanol–water partition coefficient (Wildman–Crippen LogP) is 3.91. The van der Waals surface area contributed by atoms with Crippen LogP contribution in [0, 0.1) is 19.8 Å². The van der Waals surface area contributed by atoms with Crippen LogP contribution in [0.4, 0.5) is 0 Å². The number of aromatic hydroxyl groups is 1. The summed E-state index contributed by atoms with van der Waals surface area (Å²) in [5.74, 6) is 1.20. The summed E-state index contributed by atoms with van der Waals surface area (Å²) < 4.78 is 0. The fourth-order valence-corrected chi connectivity index (χ4v) is 7.09. The van der Waals surface area contributed by atoms with Crippen molar-refractivity contribution in [3.63, 3.8) is 0 Å². The minimum absolute atomic E-state index is 0.293. The lowest BCUT2D eigenvalue weighted by atomic mass is 9.85. The van der Waals surface area contributed by atoms with Gasteiger partial charge in [-0.15, -0.1) is 0 Å². The molecule has 3 heterocycles. The van der Waals surface area contributed by atoms with Gasteiger partial charge in [0.2, 0.25) is 5.91 Å². The normalized spacial score (nSPS) is 30.7. The van der Waals surface area contributed by atoms with Crippen molar-refractivity contribution in [1.82, 2.24) is 9.80 Å². The first-order valence-corrected chi connectivity index (χ1v) is 11.4. The first kappa shape index (κ1) is 18.4. The van der Waals surface area contributed by atoms with Crippen LogP contribution in [0.3, 0.4) is 0 Å². The molecule has 0 aromatic heterocycles. The lowest BCUT2D eigenvalue weighted by molar-refractivity contribution is -0.138. The Balaban J connectivity index is 1.31. The number of likely N-dealkylation sites (tertiary alicyclic amines) is 1. The number of fused-ring (bicyclic) bond motifs is 1. The molecule has 3 fully saturated rings. The SMILES string of the molecule is Cc1cc([C@@H]2C[C@H]3CN(C4Cc5ccccc5C4)C(=O)[C@]34CCCN24)cc(C)c1O. The summed E-state index contributed by atoms with van der Waals surface area (Å²) in [7, 11) is 0. The second-order valence-electron chi connectivity index (χ2n) is 9.96. The molecule has 1 spiro atoms. The van der Waals surface area contributed by atoms with Gasteiger partial charge in [0, 0.05) is 24.5 Å². The van der Waals surface area contributed by atoms with Crippen molar-refractivity contribution in [1.29, 1.82) is 0 Å². The Morgan fingerprint density at radius 3 is 2.40 bits per heavy atom. The molecule has 156 valence electrons. The maximum absolute atomic E-state index is 13.9. The number of phenolic OH excluding ortho intramolecular Hbond substituents is 1. The Bertz CT molecular complexity index is 999. The summed E-state index contributed by atoms with van der Waals surface area (Å²) in [5.41, 5.74) is 5.69. The number of hydrogen-bond acceptors (Lipinski definition) is 3. The van der Waals surface area contributed by atoms with E-state index < -0.39 is 0 Å². The molecule has 4 nitrogen and oxygen atoms in total. The Morgan fingerprint density at radius 1 is 1.07 bits per heavy atom. The molecule has 3 aliphatic heterocycles. The Hall–Kier alpha value is -2.33. The average molecular weight is 403 g/mol. The third-order valence-corrected chi connectivity index (χ3v) is 8.45. The number of amides is 1. The molecule has 1 amide bonds. The second-order valence-corrected chi connectivity index (χ2v) is 9.96. The van der Waals surface area contributed by atoms with Gasteiger partial charge in [0.1, 0.15) is 11.3 Å². The van der Waals surface area contributed by atoms with Gasteiger partial charge in [-0.2, -0.15) is 0 Å². The second kappa shape index (κ2) is 6.34. The van der Waals surface area contributed by atoms with Gasteiger partial charge in [0.15, 0.2) is 0 Å². The number of nitrogens with zero attached hydrogens (tertiary/aromatic N) is 2. The molecular formula is C26H30N2O2. The Kier molecular flexibility index (Phi) is 3.89. The number of carbonyl (C=O) groups excluding carboxylic acids is 1. The molecule has 4 aliphatic rings. The summed E-state index contributed by atoms with van der Waals surface area (Å²) in [6.07, 6.45) is 5.16. The zero-order chi connectivity index (χ0) is 20.6. The van der Waals surface area contributed by atoms with Crippen LogP contribution in [0.25, 0.3) is 0 Å². The van der Waals surface area contributed by atoms with E-state index in [-0.39, 0.29) is 5.54 Å². The lowest BCUT2D eigenvalue weighted by Crippen LogP contribution is -2.51. The largest absolute Gasteiger partial charge is 0.507 e. The predicted molar refractivity (Wildman–Crippen MR) is 116 cm³/mol. The highest BCUT2D eigenvalue weighted by Gasteiger charge is 2.65. The van der Waals surface area contributed by atoms with Crippen LogP contribution in [0.2, 0.25) is 0 Å². The zero-order valence-corrected chi connectivity index (χ0v) is 17.9. The molecule has 3 saturated heterocycles. The van der Waals surface area contributed by atoms with Crippen molar-refractivity contribution in [2.45, 2.75) is 63.6 Å². The van der Waals surface area contributed by atoms with E-state index in [0.717, 1.165) is 56.3 Å². The number of aryl methyl sites for hydroxylation is 2. The molecule has 2 aromatic carbocycles. The molecular weight excluding hydrogens is 372 g/mol. The minimum atomic E-state index is -0.293. The highest BCUT2D eigenvalue weighted by molar-refractivity contribution is 5.90. The number of phenols is 1. The summed E-state index contributed by atoms with van der Waals surface area (Å²) in [6, 6.07) is 13.6. The molecule has 1 aliphatic carbocycles. The molecule has 0 bridgehead atoms. The molecule has 0 radical (unpaired) electrons. The summed E-state index contributed by atoms with van der Waals surface area (Å²) >= 11 is 0. The third kappa shape index (κ3) is 2.34. The van der Waals surface area contributed by atoms with Crippen molar-refractivity contribution >= 4 is 5.91 Å². The molecule has 0 unspecified atom stereocenters. The first-order valence-electron chi connectivity index (χ1n) is 11.4. The van der Waals surface area contributed by atoms with Crippen LogP contribution in [0.5, 0.6) is 5.75 Å². The van der Waals surface area contributed by atoms with Crippen LogP contribution in [-0.2, 0) is 17.6 Å². The van der Waals surface area contributed by atoms with Gasteiger partial charge in [-0.3, -0.25) is 9.69 Å². The summed E-state index contributed by atoms with van der Waals surface area (Å²) in [4.78, 5) is 18.7. The van der Waals surface area contributed by atoms with Crippen molar-refractivity contribution in [2.75, 3.05) is 13.1 Å². The van der Waals surface area contributed by atoms with Gasteiger partial charge in [-0.25, -0.2) is 0 Å². The van der Waals surface area contributed by atoms with Crippen LogP contribution in [0.1, 0.15) is 53.1 Å². The van der Waals surface area contributed by atoms with Crippen LogP contribution < -0.4 is 0 Å². The van der Waals surface area contributed by atoms with Crippen molar-refractivity contribution < 1.29 is 9.90 Å². The highest BCUT2D eigenvalue weighted by atomic mass is 16.3. The Labute approximate surface area is 178 Å². The van der Waals surface area contributed by atoms with Gasteiger partial charge in [0.05, 0.1) is 0 Å². The van der Waals surface area contributed by atoms with E-state index in [9.17, 15) is 9.90 Å². The van der Waals surface area contributed by atoms with Crippen molar-refractivity contribution in [3.8, 4) is 5.75 Å². The quantitative estimate of drug-likeness (QED) is 0.828. The summed E-state index contributed by atoms with van der Waals surface area (Å²) in [5, 5.41) is 10.2. The maximum atomic E-state index is 13.9. The van der Waals surface area contributed by atoms with Gasteiger partial charge in [-0.1, -0.05) is 36.4 Å². The average Bonchev–Trinajstić information content (AvgIpc) is 3.46. The topological polar surface area (TPSA) is 43.8 Å². The van der Waals surface area contributed by atoms with Crippen LogP contribution >= 0.6 is 0 Å². The Morgan fingerprint density at radius 2 is 1.73 bits per heavy atom. The van der Waals surface area contributed by atoms with Crippen molar-refractivity contribution in [3.05, 3.63) is 64.2 Å². The molecule has 30 heavy (non-hydrogen) atoms. The van der Waals surface area contributed by atoms with Crippen LogP contribution in [-0.4, -0.2) is 45.5 Å². The maximum Gasteiger partial charge on any atom is 0.243 e. The third-order valence-electron chi connectivity index (χ3n) is 8.45. The van der Waals surface area contributed by atoms with E-state index in [2.05, 4.69) is 46.2 Å². The molecule has 2 aromatic rings. The smallest absolute Gasteiger partial charge is 0.243 e. The van der Waals surface area contributed by atoms with E-state index in [0.29, 0.717) is 29.7 Å². The molecule has 0 saturated carbocycles. The molecule has 4 heteroatoms. The van der Waals surface area contributed by atoms with E-state index >= 15 is 0 Å². The fourth-order valence-electron chi connectivity index (χ4n) is 7.09. The standard InChI is InChI=1S/C26H30N2O2/c1-16-10-20(11-17(2)24(16)29)23-14-21-15-27(25(30)26(21)8-5-9-28(23)26)22-12-18-6-3-4-7-19(18)13-22/h3-4,6-7,10-11,21-23,29H,5,8-9,12-15H2,1-2H3/t21-,23-,26-/m0/s1. The van der Waals surface area contributed by atoms with Gasteiger partial charge in [-0.05, 0) is 80.3 Å². The lowest BCUT2D eigenvalue weighted by Gasteiger charge is -2.35. The molecule has 3 atom stereocenters. The van der Waals surface area contributed by atoms with E-state index in [1.807, 2.05) is 13.8 Å². The number of benzene rings is 2. The zero-order valence-electron chi connectivity index (χ0n) is 17.9. The van der Waals surface area contributed by atoms with E-state index in [1.54, 1.807) is 0 Å². The number of hydrogen-bond donors (Lipinski definition) is 1. The van der Waals surface area contributed by atoms with E-state index in [4.69, 9.17) is 0 Å². The monoisotopic (exact) mass is 402 g/mol. The van der Waals surface area contributed by atoms with Crippen molar-refractivity contribution in [2.24, 2.45) is 5.92 Å².